The van der Waals surface area contributed by atoms with Gasteiger partial charge in [0.1, 0.15) is 0 Å². The predicted octanol–water partition coefficient (Wildman–Crippen LogP) is 1.36. The maximum absolute atomic E-state index is 4.29. The Labute approximate surface area is 91.1 Å². The van der Waals surface area contributed by atoms with E-state index in [1.54, 1.807) is 0 Å². The zero-order valence-electron chi connectivity index (χ0n) is 9.53. The van der Waals surface area contributed by atoms with E-state index in [9.17, 15) is 0 Å². The molecule has 1 heterocycles. The van der Waals surface area contributed by atoms with E-state index in [1.165, 1.54) is 25.7 Å². The van der Waals surface area contributed by atoms with E-state index in [1.807, 2.05) is 24.0 Å². The fourth-order valence-corrected chi connectivity index (χ4v) is 2.21. The summed E-state index contributed by atoms with van der Waals surface area (Å²) in [6.07, 6.45) is 8.80. The SMILES string of the molecule is CNC1CCC(Nc2nccn2C)CC1. The summed E-state index contributed by atoms with van der Waals surface area (Å²) >= 11 is 0. The molecule has 2 N–H and O–H groups in total. The first-order chi connectivity index (χ1) is 7.29. The molecule has 0 radical (unpaired) electrons. The Hall–Kier alpha value is -1.03. The minimum Gasteiger partial charge on any atom is -0.353 e. The van der Waals surface area contributed by atoms with Crippen molar-refractivity contribution in [2.75, 3.05) is 12.4 Å². The second-order valence-electron chi connectivity index (χ2n) is 4.34. The Bertz CT molecular complexity index is 299. The van der Waals surface area contributed by atoms with Crippen LogP contribution in [0.4, 0.5) is 5.95 Å². The van der Waals surface area contributed by atoms with Gasteiger partial charge in [0.25, 0.3) is 0 Å². The number of aromatic nitrogens is 2. The summed E-state index contributed by atoms with van der Waals surface area (Å²) < 4.78 is 2.03. The molecule has 0 bridgehead atoms. The lowest BCUT2D eigenvalue weighted by atomic mass is 9.91. The van der Waals surface area contributed by atoms with Crippen LogP contribution < -0.4 is 10.6 Å². The molecule has 1 saturated carbocycles. The molecule has 0 amide bonds. The number of nitrogens with one attached hydrogen (secondary N) is 2. The third kappa shape index (κ3) is 2.50. The van der Waals surface area contributed by atoms with E-state index < -0.39 is 0 Å². The molecule has 0 spiro atoms. The quantitative estimate of drug-likeness (QED) is 0.788. The van der Waals surface area contributed by atoms with Crippen molar-refractivity contribution in [2.24, 2.45) is 7.05 Å². The highest BCUT2D eigenvalue weighted by Gasteiger charge is 2.20. The van der Waals surface area contributed by atoms with E-state index in [0.29, 0.717) is 12.1 Å². The molecular weight excluding hydrogens is 188 g/mol. The molecule has 84 valence electrons. The minimum atomic E-state index is 0.593. The van der Waals surface area contributed by atoms with Gasteiger partial charge in [-0.15, -0.1) is 0 Å². The van der Waals surface area contributed by atoms with Crippen LogP contribution in [0.25, 0.3) is 0 Å². The topological polar surface area (TPSA) is 41.9 Å². The van der Waals surface area contributed by atoms with Crippen molar-refractivity contribution in [1.29, 1.82) is 0 Å². The summed E-state index contributed by atoms with van der Waals surface area (Å²) in [5, 5.41) is 6.84. The van der Waals surface area contributed by atoms with E-state index in [2.05, 4.69) is 22.7 Å². The number of nitrogens with zero attached hydrogens (tertiary/aromatic N) is 2. The van der Waals surface area contributed by atoms with Crippen molar-refractivity contribution in [3.63, 3.8) is 0 Å². The summed E-state index contributed by atoms with van der Waals surface area (Å²) in [6, 6.07) is 1.31. The summed E-state index contributed by atoms with van der Waals surface area (Å²) in [5.41, 5.74) is 0. The molecule has 0 unspecified atom stereocenters. The highest BCUT2D eigenvalue weighted by molar-refractivity contribution is 5.27. The van der Waals surface area contributed by atoms with Gasteiger partial charge in [0.05, 0.1) is 0 Å². The van der Waals surface area contributed by atoms with E-state index in [-0.39, 0.29) is 0 Å². The van der Waals surface area contributed by atoms with Gasteiger partial charge in [0, 0.05) is 31.5 Å². The smallest absolute Gasteiger partial charge is 0.202 e. The molecular formula is C11H20N4. The van der Waals surface area contributed by atoms with Crippen LogP contribution in [-0.4, -0.2) is 28.7 Å². The Morgan fingerprint density at radius 3 is 2.47 bits per heavy atom. The number of anilines is 1. The Kier molecular flexibility index (Phi) is 3.26. The molecule has 15 heavy (non-hydrogen) atoms. The second kappa shape index (κ2) is 4.66. The largest absolute Gasteiger partial charge is 0.353 e. The van der Waals surface area contributed by atoms with Gasteiger partial charge in [0.15, 0.2) is 0 Å². The molecule has 1 aromatic rings. The third-order valence-corrected chi connectivity index (χ3v) is 3.29. The summed E-state index contributed by atoms with van der Waals surface area (Å²) in [4.78, 5) is 4.29. The standard InChI is InChI=1S/C11H20N4/c1-12-9-3-5-10(6-4-9)14-11-13-7-8-15(11)2/h7-10,12H,3-6H2,1-2H3,(H,13,14). The molecule has 1 aliphatic rings. The molecule has 1 aliphatic carbocycles. The minimum absolute atomic E-state index is 0.593. The van der Waals surface area contributed by atoms with Crippen LogP contribution in [0, 0.1) is 0 Å². The maximum atomic E-state index is 4.29. The zero-order valence-corrected chi connectivity index (χ0v) is 9.53. The summed E-state index contributed by atoms with van der Waals surface area (Å²) in [5.74, 6) is 0.989. The zero-order chi connectivity index (χ0) is 10.7. The lowest BCUT2D eigenvalue weighted by molar-refractivity contribution is 0.370. The van der Waals surface area contributed by atoms with Crippen LogP contribution in [0.5, 0.6) is 0 Å². The Morgan fingerprint density at radius 1 is 1.27 bits per heavy atom. The number of imidazole rings is 1. The third-order valence-electron chi connectivity index (χ3n) is 3.29. The van der Waals surface area contributed by atoms with Crippen LogP contribution in [-0.2, 0) is 7.05 Å². The number of rotatable bonds is 3. The van der Waals surface area contributed by atoms with E-state index in [0.717, 1.165) is 5.95 Å². The second-order valence-corrected chi connectivity index (χ2v) is 4.34. The highest BCUT2D eigenvalue weighted by Crippen LogP contribution is 2.21. The number of hydrogen-bond acceptors (Lipinski definition) is 3. The van der Waals surface area contributed by atoms with Gasteiger partial charge < -0.3 is 15.2 Å². The van der Waals surface area contributed by atoms with Gasteiger partial charge in [0.2, 0.25) is 5.95 Å². The molecule has 0 aliphatic heterocycles. The first-order valence-corrected chi connectivity index (χ1v) is 5.70. The monoisotopic (exact) mass is 208 g/mol. The van der Waals surface area contributed by atoms with Crippen LogP contribution in [0.3, 0.4) is 0 Å². The highest BCUT2D eigenvalue weighted by atomic mass is 15.2. The average Bonchev–Trinajstić information content (AvgIpc) is 2.66. The number of hydrogen-bond donors (Lipinski definition) is 2. The first-order valence-electron chi connectivity index (χ1n) is 5.70. The maximum Gasteiger partial charge on any atom is 0.202 e. The summed E-state index contributed by atoms with van der Waals surface area (Å²) in [7, 11) is 4.08. The lowest BCUT2D eigenvalue weighted by Crippen LogP contribution is -2.35. The molecule has 0 atom stereocenters. The Balaban J connectivity index is 1.85. The van der Waals surface area contributed by atoms with Crippen LogP contribution in [0.15, 0.2) is 12.4 Å². The van der Waals surface area contributed by atoms with Gasteiger partial charge in [-0.05, 0) is 32.7 Å². The lowest BCUT2D eigenvalue weighted by Gasteiger charge is -2.29. The van der Waals surface area contributed by atoms with Crippen molar-refractivity contribution >= 4 is 5.95 Å². The van der Waals surface area contributed by atoms with Gasteiger partial charge >= 0.3 is 0 Å². The van der Waals surface area contributed by atoms with Gasteiger partial charge in [-0.25, -0.2) is 4.98 Å². The predicted molar refractivity (Wildman–Crippen MR) is 61.9 cm³/mol. The fraction of sp³-hybridized carbons (Fsp3) is 0.727. The Morgan fingerprint density at radius 2 is 1.93 bits per heavy atom. The summed E-state index contributed by atoms with van der Waals surface area (Å²) in [6.45, 7) is 0. The molecule has 4 heteroatoms. The van der Waals surface area contributed by atoms with Crippen LogP contribution in [0.2, 0.25) is 0 Å². The van der Waals surface area contributed by atoms with Crippen molar-refractivity contribution in [2.45, 2.75) is 37.8 Å². The van der Waals surface area contributed by atoms with Crippen molar-refractivity contribution in [3.8, 4) is 0 Å². The molecule has 4 nitrogen and oxygen atoms in total. The molecule has 1 fully saturated rings. The first kappa shape index (κ1) is 10.5. The molecule has 2 rings (SSSR count). The normalized spacial score (nSPS) is 26.5. The van der Waals surface area contributed by atoms with Crippen molar-refractivity contribution < 1.29 is 0 Å². The van der Waals surface area contributed by atoms with Crippen LogP contribution in [0.1, 0.15) is 25.7 Å². The van der Waals surface area contributed by atoms with Crippen LogP contribution >= 0.6 is 0 Å². The van der Waals surface area contributed by atoms with Gasteiger partial charge in [-0.3, -0.25) is 0 Å². The van der Waals surface area contributed by atoms with E-state index in [4.69, 9.17) is 0 Å². The fourth-order valence-electron chi connectivity index (χ4n) is 2.21. The number of aryl methyl sites for hydroxylation is 1. The molecule has 0 saturated heterocycles. The molecule has 1 aromatic heterocycles. The molecule has 0 aromatic carbocycles. The van der Waals surface area contributed by atoms with Gasteiger partial charge in [-0.2, -0.15) is 0 Å². The van der Waals surface area contributed by atoms with Crippen molar-refractivity contribution in [3.05, 3.63) is 12.4 Å². The van der Waals surface area contributed by atoms with E-state index >= 15 is 0 Å². The van der Waals surface area contributed by atoms with Gasteiger partial charge in [-0.1, -0.05) is 0 Å². The van der Waals surface area contributed by atoms with Crippen molar-refractivity contribution in [1.82, 2.24) is 14.9 Å². The average molecular weight is 208 g/mol.